The fourth-order valence-electron chi connectivity index (χ4n) is 4.28. The number of hydrogen-bond acceptors (Lipinski definition) is 6. The molecule has 0 saturated heterocycles. The molecule has 9 nitrogen and oxygen atoms in total. The molecule has 0 aliphatic carbocycles. The predicted molar refractivity (Wildman–Crippen MR) is 140 cm³/mol. The Kier molecular flexibility index (Phi) is 6.48. The largest absolute Gasteiger partial charge is 0.444 e. The molecule has 1 aliphatic heterocycles. The second kappa shape index (κ2) is 9.77. The van der Waals surface area contributed by atoms with Gasteiger partial charge >= 0.3 is 12.1 Å². The lowest BCUT2D eigenvalue weighted by Gasteiger charge is -2.30. The van der Waals surface area contributed by atoms with Crippen LogP contribution in [0.3, 0.4) is 0 Å². The van der Waals surface area contributed by atoms with Crippen LogP contribution in [0.15, 0.2) is 55.0 Å². The summed E-state index contributed by atoms with van der Waals surface area (Å²) in [6.07, 6.45) is 3.18. The number of hydrogen-bond donors (Lipinski definition) is 1. The van der Waals surface area contributed by atoms with Gasteiger partial charge < -0.3 is 19.7 Å². The molecule has 0 spiro atoms. The molecular formula is C28H28FN5O4. The van der Waals surface area contributed by atoms with Gasteiger partial charge in [0.15, 0.2) is 0 Å². The van der Waals surface area contributed by atoms with E-state index >= 15 is 0 Å². The Balaban J connectivity index is 1.33. The SMILES string of the molecule is Cc1ccc(F)c(NC(=O)n2ccc3cc(Oc4ncnc5c4CCN(C(=O)OC(C)(C)C)C5)ccc32)c1. The van der Waals surface area contributed by atoms with Gasteiger partial charge in [0.1, 0.15) is 23.5 Å². The van der Waals surface area contributed by atoms with Crippen molar-refractivity contribution in [1.29, 1.82) is 0 Å². The van der Waals surface area contributed by atoms with E-state index in [0.29, 0.717) is 42.4 Å². The number of halogens is 1. The maximum atomic E-state index is 14.1. The van der Waals surface area contributed by atoms with Crippen molar-refractivity contribution in [2.24, 2.45) is 0 Å². The molecular weight excluding hydrogens is 489 g/mol. The first-order valence-electron chi connectivity index (χ1n) is 12.2. The smallest absolute Gasteiger partial charge is 0.410 e. The van der Waals surface area contributed by atoms with E-state index < -0.39 is 17.4 Å². The molecule has 0 bridgehead atoms. The number of rotatable bonds is 3. The van der Waals surface area contributed by atoms with Gasteiger partial charge in [0.25, 0.3) is 0 Å². The summed E-state index contributed by atoms with van der Waals surface area (Å²) in [5.74, 6) is 0.458. The maximum absolute atomic E-state index is 14.1. The van der Waals surface area contributed by atoms with Crippen LogP contribution in [0.1, 0.15) is 37.6 Å². The molecule has 4 aromatic rings. The van der Waals surface area contributed by atoms with Crippen LogP contribution in [0.4, 0.5) is 19.7 Å². The van der Waals surface area contributed by atoms with Crippen molar-refractivity contribution in [2.75, 3.05) is 11.9 Å². The average Bonchev–Trinajstić information content (AvgIpc) is 3.28. The van der Waals surface area contributed by atoms with E-state index in [1.165, 1.54) is 17.0 Å². The molecule has 3 heterocycles. The lowest BCUT2D eigenvalue weighted by Crippen LogP contribution is -2.40. The van der Waals surface area contributed by atoms with Crippen LogP contribution in [0, 0.1) is 12.7 Å². The molecule has 2 aromatic carbocycles. The first-order chi connectivity index (χ1) is 18.1. The minimum atomic E-state index is -0.577. The van der Waals surface area contributed by atoms with Crippen molar-refractivity contribution in [1.82, 2.24) is 19.4 Å². The quantitative estimate of drug-likeness (QED) is 0.356. The molecule has 0 saturated carbocycles. The van der Waals surface area contributed by atoms with Crippen molar-refractivity contribution in [2.45, 2.75) is 46.3 Å². The summed E-state index contributed by atoms with van der Waals surface area (Å²) in [6.45, 7) is 8.09. The highest BCUT2D eigenvalue weighted by Crippen LogP contribution is 2.31. The number of anilines is 1. The van der Waals surface area contributed by atoms with Crippen LogP contribution < -0.4 is 10.1 Å². The lowest BCUT2D eigenvalue weighted by atomic mass is 10.1. The molecule has 2 amide bonds. The number of carbonyl (C=O) groups is 2. The molecule has 0 unspecified atom stereocenters. The Hall–Kier alpha value is -4.47. The molecule has 1 N–H and O–H groups in total. The third-order valence-electron chi connectivity index (χ3n) is 6.08. The highest BCUT2D eigenvalue weighted by atomic mass is 19.1. The van der Waals surface area contributed by atoms with E-state index in [4.69, 9.17) is 9.47 Å². The van der Waals surface area contributed by atoms with E-state index in [2.05, 4.69) is 15.3 Å². The number of carbonyl (C=O) groups excluding carboxylic acids is 2. The number of ether oxygens (including phenoxy) is 2. The van der Waals surface area contributed by atoms with Crippen molar-refractivity contribution in [3.63, 3.8) is 0 Å². The van der Waals surface area contributed by atoms with Crippen LogP contribution >= 0.6 is 0 Å². The Morgan fingerprint density at radius 3 is 2.68 bits per heavy atom. The molecule has 10 heteroatoms. The fraction of sp³-hybridized carbons (Fsp3) is 0.286. The zero-order valence-corrected chi connectivity index (χ0v) is 21.6. The van der Waals surface area contributed by atoms with Crippen molar-refractivity contribution < 1.29 is 23.5 Å². The van der Waals surface area contributed by atoms with Crippen molar-refractivity contribution >= 4 is 28.7 Å². The average molecular weight is 518 g/mol. The Labute approximate surface area is 219 Å². The van der Waals surface area contributed by atoms with Gasteiger partial charge in [0, 0.05) is 23.7 Å². The predicted octanol–water partition coefficient (Wildman–Crippen LogP) is 6.04. The molecule has 38 heavy (non-hydrogen) atoms. The van der Waals surface area contributed by atoms with Crippen LogP contribution in [-0.2, 0) is 17.7 Å². The number of aromatic nitrogens is 3. The van der Waals surface area contributed by atoms with Crippen LogP contribution in [0.25, 0.3) is 10.9 Å². The standard InChI is InChI=1S/C28H28FN5O4/c1-17-5-7-21(29)22(13-17)32-26(35)34-12-9-18-14-19(6-8-24(18)34)37-25-20-10-11-33(15-23(20)30-16-31-25)27(36)38-28(2,3)4/h5-9,12-14,16H,10-11,15H2,1-4H3,(H,32,35). The van der Waals surface area contributed by atoms with Crippen LogP contribution in [-0.4, -0.2) is 43.7 Å². The normalized spacial score (nSPS) is 13.2. The summed E-state index contributed by atoms with van der Waals surface area (Å²) in [7, 11) is 0. The summed E-state index contributed by atoms with van der Waals surface area (Å²) in [5, 5.41) is 3.39. The zero-order chi connectivity index (χ0) is 27.0. The van der Waals surface area contributed by atoms with Gasteiger partial charge in [0.2, 0.25) is 5.88 Å². The van der Waals surface area contributed by atoms with Gasteiger partial charge in [-0.25, -0.2) is 23.9 Å². The molecule has 0 fully saturated rings. The molecule has 0 atom stereocenters. The van der Waals surface area contributed by atoms with Crippen LogP contribution in [0.5, 0.6) is 11.6 Å². The van der Waals surface area contributed by atoms with E-state index in [1.807, 2.05) is 27.7 Å². The third kappa shape index (κ3) is 5.29. The van der Waals surface area contributed by atoms with Gasteiger partial charge in [0.05, 0.1) is 23.4 Å². The van der Waals surface area contributed by atoms with Gasteiger partial charge in [-0.1, -0.05) is 6.07 Å². The molecule has 1 aliphatic rings. The van der Waals surface area contributed by atoms with E-state index in [0.717, 1.165) is 16.5 Å². The number of aryl methyl sites for hydroxylation is 1. The van der Waals surface area contributed by atoms with Crippen molar-refractivity contribution in [3.8, 4) is 11.6 Å². The minimum Gasteiger partial charge on any atom is -0.444 e. The number of nitrogens with one attached hydrogen (secondary N) is 1. The highest BCUT2D eigenvalue weighted by molar-refractivity contribution is 5.98. The molecule has 2 aromatic heterocycles. The second-order valence-corrected chi connectivity index (χ2v) is 10.2. The molecule has 0 radical (unpaired) electrons. The maximum Gasteiger partial charge on any atom is 0.410 e. The fourth-order valence-corrected chi connectivity index (χ4v) is 4.28. The summed E-state index contributed by atoms with van der Waals surface area (Å²) >= 11 is 0. The van der Waals surface area contributed by atoms with Gasteiger partial charge in [-0.2, -0.15) is 0 Å². The first-order valence-corrected chi connectivity index (χ1v) is 12.2. The first kappa shape index (κ1) is 25.2. The van der Waals surface area contributed by atoms with Gasteiger partial charge in [-0.05, 0) is 76.1 Å². The van der Waals surface area contributed by atoms with E-state index in [9.17, 15) is 14.0 Å². The summed E-state index contributed by atoms with van der Waals surface area (Å²) in [5.41, 5.74) is 2.57. The third-order valence-corrected chi connectivity index (χ3v) is 6.08. The number of fused-ring (bicyclic) bond motifs is 2. The number of amides is 2. The van der Waals surface area contributed by atoms with E-state index in [1.54, 1.807) is 47.5 Å². The monoisotopic (exact) mass is 517 g/mol. The second-order valence-electron chi connectivity index (χ2n) is 10.2. The van der Waals surface area contributed by atoms with Crippen LogP contribution in [0.2, 0.25) is 0 Å². The Morgan fingerprint density at radius 1 is 1.08 bits per heavy atom. The summed E-state index contributed by atoms with van der Waals surface area (Å²) in [6, 6.07) is 11.2. The Bertz CT molecular complexity index is 1540. The zero-order valence-electron chi connectivity index (χ0n) is 21.6. The van der Waals surface area contributed by atoms with E-state index in [-0.39, 0.29) is 11.8 Å². The summed E-state index contributed by atoms with van der Waals surface area (Å²) < 4.78 is 27.1. The lowest BCUT2D eigenvalue weighted by molar-refractivity contribution is 0.0219. The number of nitrogens with zero attached hydrogens (tertiary/aromatic N) is 4. The van der Waals surface area contributed by atoms with Crippen molar-refractivity contribution in [3.05, 3.63) is 77.6 Å². The molecule has 196 valence electrons. The Morgan fingerprint density at radius 2 is 1.89 bits per heavy atom. The molecule has 5 rings (SSSR count). The number of benzene rings is 2. The topological polar surface area (TPSA) is 98.6 Å². The minimum absolute atomic E-state index is 0.121. The summed E-state index contributed by atoms with van der Waals surface area (Å²) in [4.78, 5) is 35.6. The highest BCUT2D eigenvalue weighted by Gasteiger charge is 2.28. The van der Waals surface area contributed by atoms with Gasteiger partial charge in [-0.15, -0.1) is 0 Å². The van der Waals surface area contributed by atoms with Gasteiger partial charge in [-0.3, -0.25) is 4.57 Å².